The summed E-state index contributed by atoms with van der Waals surface area (Å²) in [4.78, 5) is 16.8. The molecule has 0 bridgehead atoms. The number of nitrogens with two attached hydrogens (primary N) is 2. The van der Waals surface area contributed by atoms with Crippen LogP contribution in [0, 0.1) is 11.3 Å². The molecule has 34 heavy (non-hydrogen) atoms. The van der Waals surface area contributed by atoms with Crippen molar-refractivity contribution >= 4 is 62.4 Å². The van der Waals surface area contributed by atoms with Crippen LogP contribution in [0.2, 0.25) is 5.02 Å². The molecule has 1 saturated heterocycles. The number of anilines is 3. The van der Waals surface area contributed by atoms with Crippen LogP contribution < -0.4 is 21.1 Å². The smallest absolute Gasteiger partial charge is 0.320 e. The molecule has 1 spiro atoms. The molecule has 0 amide bonds. The largest absolute Gasteiger partial charge is 0.467 e. The van der Waals surface area contributed by atoms with E-state index in [4.69, 9.17) is 27.8 Å². The quantitative estimate of drug-likeness (QED) is 0.422. The van der Waals surface area contributed by atoms with Crippen molar-refractivity contribution in [2.24, 2.45) is 0 Å². The lowest BCUT2D eigenvalue weighted by Crippen LogP contribution is -2.57. The summed E-state index contributed by atoms with van der Waals surface area (Å²) in [5, 5.41) is 11.6. The molecule has 0 saturated carbocycles. The van der Waals surface area contributed by atoms with E-state index < -0.39 is 0 Å². The fraction of sp³-hybridized carbons (Fsp3) is 0.273. The summed E-state index contributed by atoms with van der Waals surface area (Å²) in [6.07, 6.45) is 3.50. The standard InChI is InChI=1S/C22H19ClN8OS2/c1-32-21-28-19-15(13(23)7-30(19)6-11-3-2-4-27-17(11)25)20(29-21)31-9-22(10-31)16-12(5-24)18(26)34-14(16)8-33-22/h2-4,7H,6,8-10,26H2,1H3,(H2,25,27). The van der Waals surface area contributed by atoms with Gasteiger partial charge >= 0.3 is 6.01 Å². The predicted octanol–water partition coefficient (Wildman–Crippen LogP) is 3.60. The number of hydrogen-bond acceptors (Lipinski definition) is 10. The molecule has 0 unspecified atom stereocenters. The van der Waals surface area contributed by atoms with E-state index in [0.717, 1.165) is 22.3 Å². The van der Waals surface area contributed by atoms with Gasteiger partial charge in [0.2, 0.25) is 0 Å². The van der Waals surface area contributed by atoms with Gasteiger partial charge < -0.3 is 25.7 Å². The van der Waals surface area contributed by atoms with E-state index in [1.165, 1.54) is 16.2 Å². The Hall–Kier alpha value is -3.20. The Morgan fingerprint density at radius 2 is 2.15 bits per heavy atom. The zero-order chi connectivity index (χ0) is 23.6. The molecule has 0 aliphatic carbocycles. The average molecular weight is 511 g/mol. The molecule has 1 fully saturated rings. The number of methoxy groups -OCH3 is 1. The Balaban J connectivity index is 1.40. The number of pyridine rings is 1. The van der Waals surface area contributed by atoms with Crippen molar-refractivity contribution in [3.05, 3.63) is 51.1 Å². The number of thioether (sulfide) groups is 1. The van der Waals surface area contributed by atoms with Gasteiger partial charge in [0.25, 0.3) is 0 Å². The van der Waals surface area contributed by atoms with Crippen LogP contribution in [0.1, 0.15) is 21.6 Å². The molecule has 2 aliphatic heterocycles. The van der Waals surface area contributed by atoms with Gasteiger partial charge in [-0.25, -0.2) is 4.98 Å². The molecule has 6 heterocycles. The van der Waals surface area contributed by atoms with E-state index in [1.807, 2.05) is 34.7 Å². The van der Waals surface area contributed by atoms with Gasteiger partial charge in [-0.1, -0.05) is 17.7 Å². The molecule has 0 atom stereocenters. The van der Waals surface area contributed by atoms with Gasteiger partial charge in [0.1, 0.15) is 22.7 Å². The summed E-state index contributed by atoms with van der Waals surface area (Å²) < 4.78 is 7.19. The van der Waals surface area contributed by atoms with E-state index >= 15 is 0 Å². The second kappa shape index (κ2) is 7.66. The lowest BCUT2D eigenvalue weighted by molar-refractivity contribution is 0.379. The number of thiophene rings is 1. The van der Waals surface area contributed by atoms with E-state index in [0.29, 0.717) is 52.5 Å². The van der Waals surface area contributed by atoms with Gasteiger partial charge in [-0.15, -0.1) is 23.1 Å². The first-order chi connectivity index (χ1) is 16.4. The van der Waals surface area contributed by atoms with Crippen LogP contribution in [0.4, 0.5) is 16.6 Å². The van der Waals surface area contributed by atoms with E-state index in [1.54, 1.807) is 13.3 Å². The molecule has 0 radical (unpaired) electrons. The summed E-state index contributed by atoms with van der Waals surface area (Å²) in [5.74, 6) is 2.04. The van der Waals surface area contributed by atoms with Gasteiger partial charge in [0, 0.05) is 47.2 Å². The third kappa shape index (κ3) is 3.02. The minimum atomic E-state index is -0.168. The predicted molar refractivity (Wildman–Crippen MR) is 135 cm³/mol. The van der Waals surface area contributed by atoms with Crippen LogP contribution in [0.3, 0.4) is 0 Å². The van der Waals surface area contributed by atoms with Crippen LogP contribution in [-0.4, -0.2) is 39.7 Å². The third-order valence-electron chi connectivity index (χ3n) is 6.33. The second-order valence-electron chi connectivity index (χ2n) is 8.28. The first-order valence-corrected chi connectivity index (χ1v) is 12.6. The maximum absolute atomic E-state index is 9.68. The molecule has 4 aromatic heterocycles. The molecule has 0 aromatic carbocycles. The van der Waals surface area contributed by atoms with Crippen molar-refractivity contribution < 1.29 is 4.74 Å². The van der Waals surface area contributed by atoms with Crippen molar-refractivity contribution in [3.63, 3.8) is 0 Å². The molecule has 4 aromatic rings. The second-order valence-corrected chi connectivity index (χ2v) is 11.2. The maximum atomic E-state index is 9.68. The lowest BCUT2D eigenvalue weighted by atomic mass is 9.88. The summed E-state index contributed by atoms with van der Waals surface area (Å²) in [6, 6.07) is 6.34. The van der Waals surface area contributed by atoms with Gasteiger partial charge in [0.05, 0.1) is 34.4 Å². The van der Waals surface area contributed by atoms with Gasteiger partial charge in [-0.2, -0.15) is 15.2 Å². The van der Waals surface area contributed by atoms with Crippen LogP contribution in [-0.2, 0) is 17.0 Å². The first kappa shape index (κ1) is 21.3. The fourth-order valence-corrected chi connectivity index (χ4v) is 7.84. The Kier molecular flexibility index (Phi) is 4.81. The Bertz CT molecular complexity index is 1500. The molecule has 2 aliphatic rings. The third-order valence-corrected chi connectivity index (χ3v) is 9.26. The first-order valence-electron chi connectivity index (χ1n) is 10.4. The zero-order valence-corrected chi connectivity index (χ0v) is 20.5. The topological polar surface area (TPSA) is 132 Å². The van der Waals surface area contributed by atoms with Crippen molar-refractivity contribution in [2.75, 3.05) is 36.6 Å². The normalized spacial score (nSPS) is 16.0. The highest BCUT2D eigenvalue weighted by atomic mass is 35.5. The highest BCUT2D eigenvalue weighted by molar-refractivity contribution is 8.00. The molecule has 12 heteroatoms. The van der Waals surface area contributed by atoms with Crippen LogP contribution in [0.15, 0.2) is 24.5 Å². The highest BCUT2D eigenvalue weighted by Gasteiger charge is 2.53. The minimum absolute atomic E-state index is 0.168. The number of rotatable bonds is 4. The van der Waals surface area contributed by atoms with Crippen LogP contribution >= 0.6 is 34.7 Å². The monoisotopic (exact) mass is 510 g/mol. The van der Waals surface area contributed by atoms with Crippen molar-refractivity contribution in [3.8, 4) is 12.1 Å². The van der Waals surface area contributed by atoms with E-state index in [2.05, 4.69) is 25.9 Å². The molecule has 6 rings (SSSR count). The Morgan fingerprint density at radius 3 is 2.88 bits per heavy atom. The zero-order valence-electron chi connectivity index (χ0n) is 18.1. The Morgan fingerprint density at radius 1 is 1.32 bits per heavy atom. The average Bonchev–Trinajstić information content (AvgIpc) is 3.43. The van der Waals surface area contributed by atoms with Crippen LogP contribution in [0.25, 0.3) is 11.0 Å². The van der Waals surface area contributed by atoms with E-state index in [9.17, 15) is 5.26 Å². The minimum Gasteiger partial charge on any atom is -0.467 e. The molecule has 9 nitrogen and oxygen atoms in total. The Labute approximate surface area is 208 Å². The molecular weight excluding hydrogens is 492 g/mol. The number of nitrogen functional groups attached to an aromatic ring is 2. The van der Waals surface area contributed by atoms with E-state index in [-0.39, 0.29) is 10.8 Å². The van der Waals surface area contributed by atoms with Gasteiger partial charge in [-0.3, -0.25) is 0 Å². The maximum Gasteiger partial charge on any atom is 0.320 e. The summed E-state index contributed by atoms with van der Waals surface area (Å²) in [6.45, 7) is 1.86. The lowest BCUT2D eigenvalue weighted by Gasteiger charge is -2.48. The number of halogens is 1. The number of nitrogens with zero attached hydrogens (tertiary/aromatic N) is 6. The summed E-state index contributed by atoms with van der Waals surface area (Å²) in [5.41, 5.74) is 15.4. The highest BCUT2D eigenvalue weighted by Crippen LogP contribution is 2.58. The van der Waals surface area contributed by atoms with Crippen molar-refractivity contribution in [1.29, 1.82) is 5.26 Å². The van der Waals surface area contributed by atoms with Crippen molar-refractivity contribution in [2.45, 2.75) is 17.0 Å². The number of fused-ring (bicyclic) bond motifs is 3. The van der Waals surface area contributed by atoms with Crippen LogP contribution in [0.5, 0.6) is 6.01 Å². The van der Waals surface area contributed by atoms with Gasteiger partial charge in [-0.05, 0) is 6.07 Å². The number of aromatic nitrogens is 4. The molecular formula is C22H19ClN8OS2. The molecule has 4 N–H and O–H groups in total. The van der Waals surface area contributed by atoms with Gasteiger partial charge in [0.15, 0.2) is 5.65 Å². The summed E-state index contributed by atoms with van der Waals surface area (Å²) >= 11 is 10.1. The SMILES string of the molecule is COc1nc(N2CC3(C2)SCc2sc(N)c(C#N)c23)c2c(Cl)cn(Cc3cccnc3N)c2n1. The molecule has 172 valence electrons. The fourth-order valence-electron chi connectivity index (χ4n) is 4.75. The van der Waals surface area contributed by atoms with Crippen molar-refractivity contribution in [1.82, 2.24) is 19.5 Å². The number of hydrogen-bond donors (Lipinski definition) is 2. The summed E-state index contributed by atoms with van der Waals surface area (Å²) in [7, 11) is 1.54. The number of nitriles is 1. The number of ether oxygens (including phenoxy) is 1.